The van der Waals surface area contributed by atoms with Crippen molar-refractivity contribution in [1.29, 1.82) is 0 Å². The highest BCUT2D eigenvalue weighted by Gasteiger charge is 2.08. The van der Waals surface area contributed by atoms with Gasteiger partial charge in [-0.1, -0.05) is 36.4 Å². The van der Waals surface area contributed by atoms with Crippen LogP contribution >= 0.6 is 0 Å². The molecule has 2 N–H and O–H groups in total. The summed E-state index contributed by atoms with van der Waals surface area (Å²) < 4.78 is 4.74. The number of methoxy groups -OCH3 is 1. The second-order valence-electron chi connectivity index (χ2n) is 5.74. The fraction of sp³-hybridized carbons (Fsp3) is 0.150. The number of nitrogens with one attached hydrogen (secondary N) is 2. The molecule has 6 nitrogen and oxygen atoms in total. The molecule has 1 heterocycles. The highest BCUT2D eigenvalue weighted by atomic mass is 16.5. The fourth-order valence-corrected chi connectivity index (χ4v) is 2.51. The van der Waals surface area contributed by atoms with Crippen LogP contribution in [0.1, 0.15) is 28.9 Å². The predicted molar refractivity (Wildman–Crippen MR) is 102 cm³/mol. The van der Waals surface area contributed by atoms with Crippen molar-refractivity contribution in [3.63, 3.8) is 0 Å². The van der Waals surface area contributed by atoms with Crippen molar-refractivity contribution in [3.05, 3.63) is 78.0 Å². The Morgan fingerprint density at radius 1 is 1.08 bits per heavy atom. The van der Waals surface area contributed by atoms with Crippen LogP contribution in [0.4, 0.5) is 17.5 Å². The number of anilines is 3. The van der Waals surface area contributed by atoms with E-state index in [9.17, 15) is 4.79 Å². The van der Waals surface area contributed by atoms with E-state index in [4.69, 9.17) is 4.74 Å². The Hall–Kier alpha value is -3.41. The third-order valence-electron chi connectivity index (χ3n) is 3.86. The average molecular weight is 348 g/mol. The Morgan fingerprint density at radius 3 is 2.65 bits per heavy atom. The first kappa shape index (κ1) is 17.4. The summed E-state index contributed by atoms with van der Waals surface area (Å²) in [6.45, 7) is 2.05. The molecule has 0 amide bonds. The SMILES string of the molecule is COC(=O)c1cccc(Nc2ccnc(NC(C)c3ccccc3)n2)c1. The highest BCUT2D eigenvalue weighted by Crippen LogP contribution is 2.20. The first-order valence-electron chi connectivity index (χ1n) is 8.25. The molecular weight excluding hydrogens is 328 g/mol. The molecule has 0 bridgehead atoms. The first-order chi connectivity index (χ1) is 12.7. The number of hydrogen-bond donors (Lipinski definition) is 2. The van der Waals surface area contributed by atoms with Gasteiger partial charge in [0.25, 0.3) is 0 Å². The Labute approximate surface area is 152 Å². The first-order valence-corrected chi connectivity index (χ1v) is 8.25. The van der Waals surface area contributed by atoms with Crippen LogP contribution in [0.15, 0.2) is 66.9 Å². The molecule has 0 saturated carbocycles. The normalized spacial score (nSPS) is 11.5. The number of benzene rings is 2. The van der Waals surface area contributed by atoms with Crippen molar-refractivity contribution < 1.29 is 9.53 Å². The maximum absolute atomic E-state index is 11.6. The van der Waals surface area contributed by atoms with Crippen molar-refractivity contribution in [2.24, 2.45) is 0 Å². The molecule has 3 rings (SSSR count). The molecule has 26 heavy (non-hydrogen) atoms. The van der Waals surface area contributed by atoms with Gasteiger partial charge in [0, 0.05) is 11.9 Å². The number of aromatic nitrogens is 2. The summed E-state index contributed by atoms with van der Waals surface area (Å²) in [6, 6.07) is 19.0. The number of rotatable bonds is 6. The van der Waals surface area contributed by atoms with E-state index in [-0.39, 0.29) is 12.0 Å². The van der Waals surface area contributed by atoms with Gasteiger partial charge in [-0.2, -0.15) is 4.98 Å². The molecule has 0 spiro atoms. The second kappa shape index (κ2) is 8.11. The zero-order chi connectivity index (χ0) is 18.4. The zero-order valence-electron chi connectivity index (χ0n) is 14.6. The lowest BCUT2D eigenvalue weighted by molar-refractivity contribution is 0.0601. The van der Waals surface area contributed by atoms with Crippen molar-refractivity contribution in [2.45, 2.75) is 13.0 Å². The number of carbonyl (C=O) groups excluding carboxylic acids is 1. The quantitative estimate of drug-likeness (QED) is 0.651. The molecule has 3 aromatic rings. The van der Waals surface area contributed by atoms with Crippen LogP contribution in [0, 0.1) is 0 Å². The Morgan fingerprint density at radius 2 is 1.88 bits per heavy atom. The lowest BCUT2D eigenvalue weighted by atomic mass is 10.1. The van der Waals surface area contributed by atoms with Crippen LogP contribution in [0.2, 0.25) is 0 Å². The van der Waals surface area contributed by atoms with Crippen LogP contribution in [0.25, 0.3) is 0 Å². The van der Waals surface area contributed by atoms with Crippen LogP contribution in [0.3, 0.4) is 0 Å². The van der Waals surface area contributed by atoms with Gasteiger partial charge < -0.3 is 15.4 Å². The third-order valence-corrected chi connectivity index (χ3v) is 3.86. The van der Waals surface area contributed by atoms with Crippen LogP contribution < -0.4 is 10.6 Å². The standard InChI is InChI=1S/C20H20N4O2/c1-14(15-7-4-3-5-8-15)22-20-21-12-11-18(24-20)23-17-10-6-9-16(13-17)19(25)26-2/h3-14H,1-2H3,(H2,21,22,23,24). The van der Waals surface area contributed by atoms with E-state index < -0.39 is 0 Å². The van der Waals surface area contributed by atoms with E-state index in [1.807, 2.05) is 24.3 Å². The highest BCUT2D eigenvalue weighted by molar-refractivity contribution is 5.90. The lowest BCUT2D eigenvalue weighted by Crippen LogP contribution is -2.10. The van der Waals surface area contributed by atoms with Gasteiger partial charge >= 0.3 is 5.97 Å². The molecule has 0 fully saturated rings. The minimum absolute atomic E-state index is 0.0779. The smallest absolute Gasteiger partial charge is 0.337 e. The van der Waals surface area contributed by atoms with Gasteiger partial charge in [-0.15, -0.1) is 0 Å². The summed E-state index contributed by atoms with van der Waals surface area (Å²) in [5.41, 5.74) is 2.37. The molecule has 132 valence electrons. The number of esters is 1. The minimum atomic E-state index is -0.379. The molecule has 0 saturated heterocycles. The summed E-state index contributed by atoms with van der Waals surface area (Å²) in [5.74, 6) is 0.774. The van der Waals surface area contributed by atoms with E-state index in [2.05, 4.69) is 39.7 Å². The zero-order valence-corrected chi connectivity index (χ0v) is 14.6. The van der Waals surface area contributed by atoms with E-state index >= 15 is 0 Å². The van der Waals surface area contributed by atoms with Crippen LogP contribution in [-0.4, -0.2) is 23.0 Å². The molecule has 1 atom stereocenters. The topological polar surface area (TPSA) is 76.1 Å². The van der Waals surface area contributed by atoms with Gasteiger partial charge in [0.05, 0.1) is 18.7 Å². The third kappa shape index (κ3) is 4.36. The van der Waals surface area contributed by atoms with Crippen molar-refractivity contribution in [2.75, 3.05) is 17.7 Å². The number of nitrogens with zero attached hydrogens (tertiary/aromatic N) is 2. The van der Waals surface area contributed by atoms with Gasteiger partial charge in [-0.05, 0) is 36.8 Å². The molecule has 0 aliphatic rings. The summed E-state index contributed by atoms with van der Waals surface area (Å²) >= 11 is 0. The molecule has 1 aromatic heterocycles. The predicted octanol–water partition coefficient (Wildman–Crippen LogP) is 4.18. The van der Waals surface area contributed by atoms with Gasteiger partial charge in [-0.3, -0.25) is 0 Å². The summed E-state index contributed by atoms with van der Waals surface area (Å²) in [7, 11) is 1.36. The Balaban J connectivity index is 1.72. The number of carbonyl (C=O) groups is 1. The largest absolute Gasteiger partial charge is 0.465 e. The number of ether oxygens (including phenoxy) is 1. The van der Waals surface area contributed by atoms with Gasteiger partial charge in [0.15, 0.2) is 0 Å². The monoisotopic (exact) mass is 348 g/mol. The van der Waals surface area contributed by atoms with Crippen LogP contribution in [-0.2, 0) is 4.74 Å². The van der Waals surface area contributed by atoms with Crippen molar-refractivity contribution in [3.8, 4) is 0 Å². The van der Waals surface area contributed by atoms with Gasteiger partial charge in [-0.25, -0.2) is 9.78 Å². The molecule has 0 aliphatic carbocycles. The number of hydrogen-bond acceptors (Lipinski definition) is 6. The van der Waals surface area contributed by atoms with E-state index in [1.165, 1.54) is 7.11 Å². The maximum atomic E-state index is 11.6. The van der Waals surface area contributed by atoms with Crippen molar-refractivity contribution >= 4 is 23.4 Å². The van der Waals surface area contributed by atoms with E-state index in [0.29, 0.717) is 17.3 Å². The van der Waals surface area contributed by atoms with Crippen LogP contribution in [0.5, 0.6) is 0 Å². The van der Waals surface area contributed by atoms with E-state index in [1.54, 1.807) is 30.5 Å². The molecule has 1 unspecified atom stereocenters. The Bertz CT molecular complexity index is 884. The van der Waals surface area contributed by atoms with Crippen molar-refractivity contribution in [1.82, 2.24) is 9.97 Å². The summed E-state index contributed by atoms with van der Waals surface area (Å²) in [4.78, 5) is 20.4. The second-order valence-corrected chi connectivity index (χ2v) is 5.74. The maximum Gasteiger partial charge on any atom is 0.337 e. The molecular formula is C20H20N4O2. The van der Waals surface area contributed by atoms with Gasteiger partial charge in [0.2, 0.25) is 5.95 Å². The molecule has 2 aromatic carbocycles. The van der Waals surface area contributed by atoms with Gasteiger partial charge in [0.1, 0.15) is 5.82 Å². The average Bonchev–Trinajstić information content (AvgIpc) is 2.68. The minimum Gasteiger partial charge on any atom is -0.465 e. The Kier molecular flexibility index (Phi) is 5.43. The molecule has 6 heteroatoms. The van der Waals surface area contributed by atoms with E-state index in [0.717, 1.165) is 11.3 Å². The molecule has 0 aliphatic heterocycles. The summed E-state index contributed by atoms with van der Waals surface area (Å²) in [5, 5.41) is 6.46. The summed E-state index contributed by atoms with van der Waals surface area (Å²) in [6.07, 6.45) is 1.68. The fourth-order valence-electron chi connectivity index (χ4n) is 2.51. The molecule has 0 radical (unpaired) electrons. The lowest BCUT2D eigenvalue weighted by Gasteiger charge is -2.15.